The lowest BCUT2D eigenvalue weighted by molar-refractivity contribution is -0.119. The van der Waals surface area contributed by atoms with Gasteiger partial charge in [-0.2, -0.15) is 5.10 Å². The van der Waals surface area contributed by atoms with E-state index in [1.807, 2.05) is 61.5 Å². The van der Waals surface area contributed by atoms with Crippen LogP contribution in [0.25, 0.3) is 0 Å². The maximum absolute atomic E-state index is 13.5. The minimum atomic E-state index is -4.01. The third-order valence-corrected chi connectivity index (χ3v) is 7.88. The molecule has 1 amide bonds. The van der Waals surface area contributed by atoms with E-state index in [0.717, 1.165) is 19.9 Å². The van der Waals surface area contributed by atoms with Crippen LogP contribution < -0.4 is 14.5 Å². The number of carbonyl (C=O) groups excluding carboxylic acids is 1. The van der Waals surface area contributed by atoms with Gasteiger partial charge in [-0.15, -0.1) is 0 Å². The molecular formula is C29H26BrN3O4S. The number of rotatable bonds is 10. The van der Waals surface area contributed by atoms with Gasteiger partial charge in [-0.3, -0.25) is 9.10 Å². The van der Waals surface area contributed by atoms with Gasteiger partial charge >= 0.3 is 0 Å². The molecular weight excluding hydrogens is 566 g/mol. The highest BCUT2D eigenvalue weighted by Crippen LogP contribution is 2.25. The molecule has 38 heavy (non-hydrogen) atoms. The van der Waals surface area contributed by atoms with E-state index in [-0.39, 0.29) is 4.90 Å². The molecule has 4 aromatic rings. The Hall–Kier alpha value is -3.95. The van der Waals surface area contributed by atoms with Crippen molar-refractivity contribution in [3.8, 4) is 5.75 Å². The zero-order chi connectivity index (χ0) is 27.0. The Morgan fingerprint density at radius 2 is 1.58 bits per heavy atom. The lowest BCUT2D eigenvalue weighted by Gasteiger charge is -2.23. The second kappa shape index (κ2) is 12.5. The minimum absolute atomic E-state index is 0.0896. The van der Waals surface area contributed by atoms with Crippen molar-refractivity contribution in [3.05, 3.63) is 124 Å². The molecule has 0 bridgehead atoms. The van der Waals surface area contributed by atoms with Crippen LogP contribution in [0, 0.1) is 6.92 Å². The van der Waals surface area contributed by atoms with Gasteiger partial charge in [0.05, 0.1) is 16.8 Å². The lowest BCUT2D eigenvalue weighted by Crippen LogP contribution is -2.39. The predicted molar refractivity (Wildman–Crippen MR) is 153 cm³/mol. The first-order chi connectivity index (χ1) is 18.3. The fourth-order valence-electron chi connectivity index (χ4n) is 3.55. The quantitative estimate of drug-likeness (QED) is 0.190. The molecule has 0 aliphatic heterocycles. The number of amides is 1. The number of ether oxygens (including phenoxy) is 1. The molecule has 0 fully saturated rings. The Morgan fingerprint density at radius 3 is 2.29 bits per heavy atom. The zero-order valence-electron chi connectivity index (χ0n) is 20.6. The first-order valence-electron chi connectivity index (χ1n) is 11.8. The number of benzene rings is 4. The predicted octanol–water partition coefficient (Wildman–Crippen LogP) is 5.68. The van der Waals surface area contributed by atoms with Crippen LogP contribution in [0.2, 0.25) is 0 Å². The number of nitrogens with one attached hydrogen (secondary N) is 1. The number of aryl methyl sites for hydroxylation is 1. The fraction of sp³-hybridized carbons (Fsp3) is 0.103. The number of nitrogens with zero attached hydrogens (tertiary/aromatic N) is 2. The summed E-state index contributed by atoms with van der Waals surface area (Å²) in [5.41, 5.74) is 5.41. The minimum Gasteiger partial charge on any atom is -0.488 e. The van der Waals surface area contributed by atoms with E-state index in [1.165, 1.54) is 18.3 Å². The Bertz CT molecular complexity index is 1510. The molecule has 194 valence electrons. The molecule has 0 unspecified atom stereocenters. The SMILES string of the molecule is Cc1ccc(S(=O)(=O)N(CC(=O)N/N=C\c2ccccc2OCc2ccccc2)c2ccc(Br)cc2)cc1. The third-order valence-electron chi connectivity index (χ3n) is 5.56. The van der Waals surface area contributed by atoms with E-state index in [1.54, 1.807) is 36.4 Å². The smallest absolute Gasteiger partial charge is 0.264 e. The second-order valence-electron chi connectivity index (χ2n) is 8.41. The Morgan fingerprint density at radius 1 is 0.921 bits per heavy atom. The van der Waals surface area contributed by atoms with Crippen LogP contribution in [0.5, 0.6) is 5.75 Å². The normalized spacial score (nSPS) is 11.3. The summed E-state index contributed by atoms with van der Waals surface area (Å²) in [6.07, 6.45) is 1.47. The van der Waals surface area contributed by atoms with E-state index in [9.17, 15) is 13.2 Å². The van der Waals surface area contributed by atoms with Crippen molar-refractivity contribution >= 4 is 43.8 Å². The van der Waals surface area contributed by atoms with Crippen LogP contribution in [0.15, 0.2) is 118 Å². The molecule has 4 rings (SSSR count). The van der Waals surface area contributed by atoms with Gasteiger partial charge in [-0.25, -0.2) is 13.8 Å². The maximum atomic E-state index is 13.5. The monoisotopic (exact) mass is 591 g/mol. The summed E-state index contributed by atoms with van der Waals surface area (Å²) in [6.45, 7) is 1.80. The van der Waals surface area contributed by atoms with Crippen LogP contribution in [0.1, 0.15) is 16.7 Å². The maximum Gasteiger partial charge on any atom is 0.264 e. The summed E-state index contributed by atoms with van der Waals surface area (Å²) in [4.78, 5) is 12.9. The second-order valence-corrected chi connectivity index (χ2v) is 11.2. The van der Waals surface area contributed by atoms with Gasteiger partial charge in [-0.05, 0) is 61.0 Å². The van der Waals surface area contributed by atoms with E-state index < -0.39 is 22.5 Å². The average Bonchev–Trinajstić information content (AvgIpc) is 2.92. The molecule has 0 aliphatic carbocycles. The van der Waals surface area contributed by atoms with Gasteiger partial charge < -0.3 is 4.74 Å². The number of carbonyl (C=O) groups is 1. The van der Waals surface area contributed by atoms with E-state index >= 15 is 0 Å². The molecule has 0 spiro atoms. The van der Waals surface area contributed by atoms with Gasteiger partial charge in [0, 0.05) is 10.0 Å². The van der Waals surface area contributed by atoms with Crippen molar-refractivity contribution < 1.29 is 17.9 Å². The number of hydrazone groups is 1. The van der Waals surface area contributed by atoms with Gasteiger partial charge in [0.1, 0.15) is 18.9 Å². The van der Waals surface area contributed by atoms with E-state index in [2.05, 4.69) is 26.5 Å². The topological polar surface area (TPSA) is 88.1 Å². The van der Waals surface area contributed by atoms with Gasteiger partial charge in [0.15, 0.2) is 0 Å². The summed E-state index contributed by atoms with van der Waals surface area (Å²) < 4.78 is 34.7. The molecule has 9 heteroatoms. The third kappa shape index (κ3) is 7.08. The number of hydrogen-bond donors (Lipinski definition) is 1. The van der Waals surface area contributed by atoms with Gasteiger partial charge in [-0.1, -0.05) is 76.1 Å². The first kappa shape index (κ1) is 27.1. The molecule has 0 atom stereocenters. The molecule has 0 saturated heterocycles. The van der Waals surface area contributed by atoms with Crippen LogP contribution >= 0.6 is 15.9 Å². The average molecular weight is 593 g/mol. The molecule has 1 N–H and O–H groups in total. The van der Waals surface area contributed by atoms with Crippen molar-refractivity contribution in [1.82, 2.24) is 5.43 Å². The standard InChI is InChI=1S/C29H26BrN3O4S/c1-22-11-17-27(18-12-22)38(35,36)33(26-15-13-25(30)14-16-26)20-29(34)32-31-19-24-9-5-6-10-28(24)37-21-23-7-3-2-4-8-23/h2-19H,20-21H2,1H3,(H,32,34)/b31-19-. The summed E-state index contributed by atoms with van der Waals surface area (Å²) in [5, 5.41) is 4.05. The Balaban J connectivity index is 1.48. The van der Waals surface area contributed by atoms with E-state index in [4.69, 9.17) is 4.74 Å². The molecule has 0 heterocycles. The number of anilines is 1. The number of hydrogen-bond acceptors (Lipinski definition) is 5. The summed E-state index contributed by atoms with van der Waals surface area (Å²) >= 11 is 3.36. The van der Waals surface area contributed by atoms with Crippen molar-refractivity contribution in [2.75, 3.05) is 10.8 Å². The number of sulfonamides is 1. The van der Waals surface area contributed by atoms with Crippen LogP contribution in [0.3, 0.4) is 0 Å². The molecule has 4 aromatic carbocycles. The van der Waals surface area contributed by atoms with Crippen molar-refractivity contribution in [1.29, 1.82) is 0 Å². The molecule has 7 nitrogen and oxygen atoms in total. The lowest BCUT2D eigenvalue weighted by atomic mass is 10.2. The molecule has 0 aliphatic rings. The highest BCUT2D eigenvalue weighted by Gasteiger charge is 2.27. The summed E-state index contributed by atoms with van der Waals surface area (Å²) in [6, 6.07) is 30.3. The van der Waals surface area contributed by atoms with E-state index in [0.29, 0.717) is 23.6 Å². The number of para-hydroxylation sites is 1. The van der Waals surface area contributed by atoms with Crippen molar-refractivity contribution in [3.63, 3.8) is 0 Å². The van der Waals surface area contributed by atoms with Gasteiger partial charge in [0.25, 0.3) is 15.9 Å². The van der Waals surface area contributed by atoms with Crippen molar-refractivity contribution in [2.24, 2.45) is 5.10 Å². The van der Waals surface area contributed by atoms with Gasteiger partial charge in [0.2, 0.25) is 0 Å². The highest BCUT2D eigenvalue weighted by atomic mass is 79.9. The zero-order valence-corrected chi connectivity index (χ0v) is 23.0. The Kier molecular flexibility index (Phi) is 8.93. The molecule has 0 radical (unpaired) electrons. The Labute approximate surface area is 231 Å². The summed E-state index contributed by atoms with van der Waals surface area (Å²) in [7, 11) is -4.01. The largest absolute Gasteiger partial charge is 0.488 e. The number of halogens is 1. The fourth-order valence-corrected chi connectivity index (χ4v) is 5.24. The van der Waals surface area contributed by atoms with Crippen molar-refractivity contribution in [2.45, 2.75) is 18.4 Å². The molecule has 0 aromatic heterocycles. The van der Waals surface area contributed by atoms with Crippen LogP contribution in [-0.4, -0.2) is 27.1 Å². The first-order valence-corrected chi connectivity index (χ1v) is 14.0. The van der Waals surface area contributed by atoms with Crippen LogP contribution in [-0.2, 0) is 21.4 Å². The summed E-state index contributed by atoms with van der Waals surface area (Å²) in [5.74, 6) is 0.00957. The molecule has 0 saturated carbocycles. The van der Waals surface area contributed by atoms with Crippen LogP contribution in [0.4, 0.5) is 5.69 Å². The highest BCUT2D eigenvalue weighted by molar-refractivity contribution is 9.10.